The molecule has 0 aliphatic rings. The summed E-state index contributed by atoms with van der Waals surface area (Å²) in [6.07, 6.45) is 3.70. The van der Waals surface area contributed by atoms with Crippen molar-refractivity contribution in [2.75, 3.05) is 0 Å². The van der Waals surface area contributed by atoms with Gasteiger partial charge in [0.05, 0.1) is 13.7 Å². The quantitative estimate of drug-likeness (QED) is 0.131. The molecule has 10 rings (SSSR count). The molecule has 0 saturated heterocycles. The van der Waals surface area contributed by atoms with Crippen molar-refractivity contribution in [3.63, 3.8) is 0 Å². The van der Waals surface area contributed by atoms with E-state index in [0.29, 0.717) is 0 Å². The van der Waals surface area contributed by atoms with Crippen LogP contribution in [0.5, 0.6) is 0 Å². The Labute approximate surface area is 302 Å². The van der Waals surface area contributed by atoms with Crippen molar-refractivity contribution in [3.8, 4) is 22.5 Å². The molecule has 0 spiro atoms. The van der Waals surface area contributed by atoms with Gasteiger partial charge in [-0.15, -0.1) is 54.1 Å². The SMILES string of the molecule is C[Si](C)(C)c1cccc2c1oc1cc(-c3[c-]ccc4c3oc3cc5c(cc34)oc3ccccc35)ncc12.[Ir].[c-]1ccccc1-c1ccccn1. The average molecular weight is 843 g/mol. The van der Waals surface area contributed by atoms with Crippen LogP contribution in [0.25, 0.3) is 88.3 Å². The zero-order valence-electron chi connectivity index (χ0n) is 27.6. The van der Waals surface area contributed by atoms with Crippen molar-refractivity contribution in [1.29, 1.82) is 0 Å². The molecule has 1 radical (unpaired) electrons. The van der Waals surface area contributed by atoms with Gasteiger partial charge in [-0.2, -0.15) is 0 Å². The molecule has 245 valence electrons. The first kappa shape index (κ1) is 31.9. The van der Waals surface area contributed by atoms with Crippen LogP contribution in [0.3, 0.4) is 0 Å². The van der Waals surface area contributed by atoms with Gasteiger partial charge in [-0.1, -0.05) is 79.1 Å². The predicted molar refractivity (Wildman–Crippen MR) is 202 cm³/mol. The van der Waals surface area contributed by atoms with Crippen molar-refractivity contribution >= 4 is 79.1 Å². The molecule has 5 aromatic heterocycles. The zero-order valence-corrected chi connectivity index (χ0v) is 31.0. The Hall–Kier alpha value is -5.33. The smallest absolute Gasteiger partial charge is 0.136 e. The van der Waals surface area contributed by atoms with Gasteiger partial charge in [-0.3, -0.25) is 0 Å². The van der Waals surface area contributed by atoms with E-state index < -0.39 is 8.07 Å². The number of pyridine rings is 2. The number of benzene rings is 5. The van der Waals surface area contributed by atoms with Gasteiger partial charge >= 0.3 is 0 Å². The second-order valence-electron chi connectivity index (χ2n) is 13.2. The molecule has 0 bridgehead atoms. The fraction of sp³-hybridized carbons (Fsp3) is 0.0698. The third kappa shape index (κ3) is 5.44. The van der Waals surface area contributed by atoms with Crippen LogP contribution in [-0.4, -0.2) is 18.0 Å². The van der Waals surface area contributed by atoms with Gasteiger partial charge in [0.15, 0.2) is 0 Å². The molecular weight excluding hydrogens is 813 g/mol. The van der Waals surface area contributed by atoms with Crippen LogP contribution in [0.4, 0.5) is 0 Å². The number of rotatable bonds is 3. The maximum Gasteiger partial charge on any atom is 0.136 e. The van der Waals surface area contributed by atoms with Gasteiger partial charge in [0, 0.05) is 59.4 Å². The van der Waals surface area contributed by atoms with E-state index in [4.69, 9.17) is 18.2 Å². The van der Waals surface area contributed by atoms with Crippen LogP contribution in [0.1, 0.15) is 0 Å². The van der Waals surface area contributed by atoms with Crippen molar-refractivity contribution in [1.82, 2.24) is 9.97 Å². The molecule has 5 aromatic carbocycles. The van der Waals surface area contributed by atoms with Gasteiger partial charge in [-0.25, -0.2) is 0 Å². The Morgan fingerprint density at radius 2 is 1.24 bits per heavy atom. The van der Waals surface area contributed by atoms with Gasteiger partial charge < -0.3 is 23.2 Å². The van der Waals surface area contributed by atoms with E-state index in [9.17, 15) is 0 Å². The van der Waals surface area contributed by atoms with E-state index >= 15 is 0 Å². The summed E-state index contributed by atoms with van der Waals surface area (Å²) >= 11 is 0. The van der Waals surface area contributed by atoms with Crippen LogP contribution in [0.2, 0.25) is 19.6 Å². The molecule has 0 amide bonds. The summed E-state index contributed by atoms with van der Waals surface area (Å²) in [4.78, 5) is 9.06. The molecule has 50 heavy (non-hydrogen) atoms. The normalized spacial score (nSPS) is 11.7. The Kier molecular flexibility index (Phi) is 7.99. The summed E-state index contributed by atoms with van der Waals surface area (Å²) in [5, 5.41) is 7.64. The molecule has 5 nitrogen and oxygen atoms in total. The van der Waals surface area contributed by atoms with Crippen molar-refractivity contribution in [2.24, 2.45) is 0 Å². The molecular formula is C43H30IrN2O3Si-2. The second-order valence-corrected chi connectivity index (χ2v) is 18.3. The minimum Gasteiger partial charge on any atom is -0.501 e. The molecule has 5 heterocycles. The van der Waals surface area contributed by atoms with Gasteiger partial charge in [0.2, 0.25) is 0 Å². The summed E-state index contributed by atoms with van der Waals surface area (Å²) in [5.74, 6) is 0. The molecule has 0 aliphatic carbocycles. The van der Waals surface area contributed by atoms with Gasteiger partial charge in [0.25, 0.3) is 0 Å². The van der Waals surface area contributed by atoms with Crippen LogP contribution in [-0.2, 0) is 20.1 Å². The van der Waals surface area contributed by atoms with Crippen molar-refractivity contribution in [2.45, 2.75) is 19.6 Å². The third-order valence-corrected chi connectivity index (χ3v) is 11.0. The maximum absolute atomic E-state index is 6.46. The third-order valence-electron chi connectivity index (χ3n) is 9.03. The first-order valence-electron chi connectivity index (χ1n) is 16.3. The Morgan fingerprint density at radius 1 is 0.520 bits per heavy atom. The Balaban J connectivity index is 0.000000236. The molecule has 0 atom stereocenters. The molecule has 10 aromatic rings. The summed E-state index contributed by atoms with van der Waals surface area (Å²) < 4.78 is 19.1. The molecule has 0 N–H and O–H groups in total. The largest absolute Gasteiger partial charge is 0.501 e. The molecule has 0 aliphatic heterocycles. The zero-order chi connectivity index (χ0) is 33.1. The number of furan rings is 3. The van der Waals surface area contributed by atoms with Crippen LogP contribution in [0.15, 0.2) is 141 Å². The molecule has 0 fully saturated rings. The summed E-state index contributed by atoms with van der Waals surface area (Å²) in [6.45, 7) is 7.03. The summed E-state index contributed by atoms with van der Waals surface area (Å²) in [7, 11) is -1.57. The monoisotopic (exact) mass is 843 g/mol. The van der Waals surface area contributed by atoms with Gasteiger partial charge in [-0.05, 0) is 46.9 Å². The fourth-order valence-corrected chi connectivity index (χ4v) is 8.11. The Morgan fingerprint density at radius 3 is 2.04 bits per heavy atom. The second kappa shape index (κ2) is 12.5. The topological polar surface area (TPSA) is 65.2 Å². The number of fused-ring (bicyclic) bond motifs is 9. The summed E-state index contributed by atoms with van der Waals surface area (Å²) in [5.41, 5.74) is 8.74. The van der Waals surface area contributed by atoms with Crippen LogP contribution >= 0.6 is 0 Å². The van der Waals surface area contributed by atoms with E-state index in [1.807, 2.05) is 85.1 Å². The van der Waals surface area contributed by atoms with E-state index in [2.05, 4.69) is 73.2 Å². The van der Waals surface area contributed by atoms with Crippen molar-refractivity contribution in [3.05, 3.63) is 140 Å². The molecule has 0 unspecified atom stereocenters. The minimum absolute atomic E-state index is 0. The van der Waals surface area contributed by atoms with E-state index in [1.54, 1.807) is 6.20 Å². The fourth-order valence-electron chi connectivity index (χ4n) is 6.64. The Bertz CT molecular complexity index is 2780. The van der Waals surface area contributed by atoms with Gasteiger partial charge in [0.1, 0.15) is 27.9 Å². The van der Waals surface area contributed by atoms with E-state index in [0.717, 1.165) is 88.3 Å². The summed E-state index contributed by atoms with van der Waals surface area (Å²) in [6, 6.07) is 44.9. The molecule has 7 heteroatoms. The standard InChI is InChI=1S/C32H22NO3Si.C11H8N.Ir/c1-37(2,3)30-13-7-10-20-24-17-33-25(16-29(24)36-32(20)30)21-11-6-9-19-23-15-27-22(14-28(23)35-31(19)21)18-8-4-5-12-26(18)34-27;1-2-6-10(7-3-1)11-8-4-5-9-12-11;/h4-10,12-17H,1-3H3;1-6,8-9H;/q2*-1;. The maximum atomic E-state index is 6.46. The van der Waals surface area contributed by atoms with E-state index in [-0.39, 0.29) is 20.1 Å². The minimum atomic E-state index is -1.57. The van der Waals surface area contributed by atoms with Crippen LogP contribution in [0, 0.1) is 12.1 Å². The van der Waals surface area contributed by atoms with E-state index in [1.165, 1.54) is 5.19 Å². The number of para-hydroxylation sites is 2. The predicted octanol–water partition coefficient (Wildman–Crippen LogP) is 11.3. The first-order valence-corrected chi connectivity index (χ1v) is 19.8. The number of nitrogens with zero attached hydrogens (tertiary/aromatic N) is 2. The first-order chi connectivity index (χ1) is 23.9. The molecule has 0 saturated carbocycles. The number of hydrogen-bond acceptors (Lipinski definition) is 5. The van der Waals surface area contributed by atoms with Crippen molar-refractivity contribution < 1.29 is 33.4 Å². The van der Waals surface area contributed by atoms with Crippen LogP contribution < -0.4 is 5.19 Å². The number of hydrogen-bond donors (Lipinski definition) is 0. The number of aromatic nitrogens is 2. The average Bonchev–Trinajstić information content (AvgIpc) is 3.81.